The average Bonchev–Trinajstić information content (AvgIpc) is 2.55. The molecule has 0 N–H and O–H groups in total. The summed E-state index contributed by atoms with van der Waals surface area (Å²) in [5.41, 5.74) is -0.125. The number of carbonyl (C=O) groups is 1. The van der Waals surface area contributed by atoms with Gasteiger partial charge in [0.15, 0.2) is 0 Å². The fourth-order valence-corrected chi connectivity index (χ4v) is 2.31. The molecule has 0 bridgehead atoms. The lowest BCUT2D eigenvalue weighted by Gasteiger charge is -2.28. The van der Waals surface area contributed by atoms with Crippen LogP contribution in [-0.4, -0.2) is 18.2 Å². The van der Waals surface area contributed by atoms with Crippen LogP contribution >= 0.6 is 0 Å². The predicted octanol–water partition coefficient (Wildman–Crippen LogP) is 4.90. The van der Waals surface area contributed by atoms with Gasteiger partial charge in [-0.25, -0.2) is 4.79 Å². The molecule has 0 heterocycles. The number of hydrogen-bond donors (Lipinski definition) is 0. The normalized spacial score (nSPS) is 13.3. The van der Waals surface area contributed by atoms with Crippen LogP contribution in [0.5, 0.6) is 5.75 Å². The maximum atomic E-state index is 11.8. The molecule has 0 aliphatic heterocycles. The molecule has 0 saturated heterocycles. The van der Waals surface area contributed by atoms with Gasteiger partial charge in [0.25, 0.3) is 0 Å². The van der Waals surface area contributed by atoms with E-state index in [-0.39, 0.29) is 5.97 Å². The molecule has 1 atom stereocenters. The molecule has 2 rings (SSSR count). The van der Waals surface area contributed by atoms with E-state index in [1.165, 1.54) is 0 Å². The minimum Gasteiger partial charge on any atom is -0.493 e. The topological polar surface area (TPSA) is 35.5 Å². The molecule has 122 valence electrons. The van der Waals surface area contributed by atoms with E-state index >= 15 is 0 Å². The summed E-state index contributed by atoms with van der Waals surface area (Å²) in [6, 6.07) is 14.1. The minimum absolute atomic E-state index is 0.348. The highest BCUT2D eigenvalue weighted by Gasteiger charge is 2.27. The van der Waals surface area contributed by atoms with Crippen molar-refractivity contribution in [2.24, 2.45) is 0 Å². The molecule has 1 unspecified atom stereocenters. The molecule has 2 aromatic rings. The van der Waals surface area contributed by atoms with E-state index in [2.05, 4.69) is 18.7 Å². The van der Waals surface area contributed by atoms with Gasteiger partial charge in [0.2, 0.25) is 0 Å². The molecule has 2 aromatic carbocycles. The molecule has 0 spiro atoms. The lowest BCUT2D eigenvalue weighted by Crippen LogP contribution is -2.33. The zero-order valence-corrected chi connectivity index (χ0v) is 14.1. The fourth-order valence-electron chi connectivity index (χ4n) is 2.31. The highest BCUT2D eigenvalue weighted by molar-refractivity contribution is 5.88. The van der Waals surface area contributed by atoms with Gasteiger partial charge in [-0.05, 0) is 31.7 Å². The first-order chi connectivity index (χ1) is 10.9. The van der Waals surface area contributed by atoms with Crippen LogP contribution in [-0.2, 0) is 9.53 Å². The maximum absolute atomic E-state index is 11.8. The van der Waals surface area contributed by atoms with Crippen LogP contribution in [0.25, 0.3) is 10.8 Å². The SMILES string of the molecule is C=C(C)C(=O)OC(C)(CC)CCOc1cccc2ccccc12. The van der Waals surface area contributed by atoms with Crippen molar-refractivity contribution in [3.05, 3.63) is 54.6 Å². The van der Waals surface area contributed by atoms with Gasteiger partial charge >= 0.3 is 5.97 Å². The van der Waals surface area contributed by atoms with Gasteiger partial charge in [0.1, 0.15) is 11.4 Å². The van der Waals surface area contributed by atoms with Crippen LogP contribution in [0.2, 0.25) is 0 Å². The van der Waals surface area contributed by atoms with Crippen LogP contribution in [0.15, 0.2) is 54.6 Å². The Labute approximate surface area is 137 Å². The zero-order valence-electron chi connectivity index (χ0n) is 14.1. The van der Waals surface area contributed by atoms with Gasteiger partial charge in [0.05, 0.1) is 6.61 Å². The first-order valence-electron chi connectivity index (χ1n) is 7.94. The van der Waals surface area contributed by atoms with Crippen molar-refractivity contribution in [3.63, 3.8) is 0 Å². The van der Waals surface area contributed by atoms with Crippen molar-refractivity contribution in [3.8, 4) is 5.75 Å². The summed E-state index contributed by atoms with van der Waals surface area (Å²) in [5.74, 6) is 0.507. The number of fused-ring (bicyclic) bond motifs is 1. The second-order valence-corrected chi connectivity index (χ2v) is 6.05. The van der Waals surface area contributed by atoms with Crippen molar-refractivity contribution in [2.75, 3.05) is 6.61 Å². The molecule has 0 aliphatic rings. The number of benzene rings is 2. The average molecular weight is 312 g/mol. The standard InChI is InChI=1S/C20H24O3/c1-5-20(4,23-19(21)15(2)3)13-14-22-18-12-8-10-16-9-6-7-11-17(16)18/h6-12H,2,5,13-14H2,1,3-4H3. The first kappa shape index (κ1) is 17.1. The van der Waals surface area contributed by atoms with E-state index in [4.69, 9.17) is 9.47 Å². The summed E-state index contributed by atoms with van der Waals surface area (Å²) >= 11 is 0. The van der Waals surface area contributed by atoms with Crippen LogP contribution in [0, 0.1) is 0 Å². The Balaban J connectivity index is 2.02. The summed E-state index contributed by atoms with van der Waals surface area (Å²) < 4.78 is 11.5. The summed E-state index contributed by atoms with van der Waals surface area (Å²) in [4.78, 5) is 11.8. The van der Waals surface area contributed by atoms with Gasteiger partial charge in [0, 0.05) is 17.4 Å². The number of rotatable bonds is 7. The summed E-state index contributed by atoms with van der Waals surface area (Å²) in [6.45, 7) is 9.71. The quantitative estimate of drug-likeness (QED) is 0.539. The Bertz CT molecular complexity index is 700. The van der Waals surface area contributed by atoms with Crippen LogP contribution in [0.4, 0.5) is 0 Å². The molecule has 0 saturated carbocycles. The molecule has 3 nitrogen and oxygen atoms in total. The first-order valence-corrected chi connectivity index (χ1v) is 7.94. The summed E-state index contributed by atoms with van der Waals surface area (Å²) in [5, 5.41) is 2.24. The lowest BCUT2D eigenvalue weighted by atomic mass is 9.99. The summed E-state index contributed by atoms with van der Waals surface area (Å²) in [7, 11) is 0. The van der Waals surface area contributed by atoms with Crippen molar-refractivity contribution in [2.45, 2.75) is 39.2 Å². The highest BCUT2D eigenvalue weighted by Crippen LogP contribution is 2.27. The molecule has 0 aromatic heterocycles. The molecular formula is C20H24O3. The third kappa shape index (κ3) is 4.35. The van der Waals surface area contributed by atoms with E-state index in [1.54, 1.807) is 6.92 Å². The Hall–Kier alpha value is -2.29. The van der Waals surface area contributed by atoms with Crippen LogP contribution in [0.3, 0.4) is 0 Å². The van der Waals surface area contributed by atoms with Gasteiger partial charge in [-0.3, -0.25) is 0 Å². The third-order valence-corrected chi connectivity index (χ3v) is 4.07. The minimum atomic E-state index is -0.541. The zero-order chi connectivity index (χ0) is 16.9. The number of esters is 1. The van der Waals surface area contributed by atoms with E-state index in [1.807, 2.05) is 44.2 Å². The molecule has 0 amide bonds. The second kappa shape index (κ2) is 7.32. The van der Waals surface area contributed by atoms with Gasteiger partial charge in [-0.1, -0.05) is 49.9 Å². The highest BCUT2D eigenvalue weighted by atomic mass is 16.6. The molecule has 0 radical (unpaired) electrons. The van der Waals surface area contributed by atoms with E-state index in [0.29, 0.717) is 18.6 Å². The predicted molar refractivity (Wildman–Crippen MR) is 93.7 cm³/mol. The van der Waals surface area contributed by atoms with Gasteiger partial charge in [-0.15, -0.1) is 0 Å². The van der Waals surface area contributed by atoms with Crippen LogP contribution in [0.1, 0.15) is 33.6 Å². The molecule has 0 aliphatic carbocycles. The lowest BCUT2D eigenvalue weighted by molar-refractivity contribution is -0.154. The summed E-state index contributed by atoms with van der Waals surface area (Å²) in [6.07, 6.45) is 1.36. The van der Waals surface area contributed by atoms with Crippen molar-refractivity contribution < 1.29 is 14.3 Å². The van der Waals surface area contributed by atoms with Crippen molar-refractivity contribution in [1.82, 2.24) is 0 Å². The van der Waals surface area contributed by atoms with Crippen molar-refractivity contribution >= 4 is 16.7 Å². The Kier molecular flexibility index (Phi) is 5.43. The Morgan fingerprint density at radius 3 is 2.57 bits per heavy atom. The molecule has 23 heavy (non-hydrogen) atoms. The Morgan fingerprint density at radius 1 is 1.17 bits per heavy atom. The van der Waals surface area contributed by atoms with Crippen molar-refractivity contribution in [1.29, 1.82) is 0 Å². The van der Waals surface area contributed by atoms with E-state index < -0.39 is 5.60 Å². The van der Waals surface area contributed by atoms with Crippen LogP contribution < -0.4 is 4.74 Å². The molecule has 3 heteroatoms. The second-order valence-electron chi connectivity index (χ2n) is 6.05. The maximum Gasteiger partial charge on any atom is 0.333 e. The smallest absolute Gasteiger partial charge is 0.333 e. The molecule has 0 fully saturated rings. The van der Waals surface area contributed by atoms with Gasteiger partial charge in [-0.2, -0.15) is 0 Å². The van der Waals surface area contributed by atoms with Gasteiger partial charge < -0.3 is 9.47 Å². The monoisotopic (exact) mass is 312 g/mol. The molecular weight excluding hydrogens is 288 g/mol. The number of ether oxygens (including phenoxy) is 2. The Morgan fingerprint density at radius 2 is 1.87 bits per heavy atom. The number of hydrogen-bond acceptors (Lipinski definition) is 3. The number of carbonyl (C=O) groups excluding carboxylic acids is 1. The van der Waals surface area contributed by atoms with E-state index in [9.17, 15) is 4.79 Å². The fraction of sp³-hybridized carbons (Fsp3) is 0.350. The largest absolute Gasteiger partial charge is 0.493 e. The third-order valence-electron chi connectivity index (χ3n) is 4.07. The van der Waals surface area contributed by atoms with E-state index in [0.717, 1.165) is 22.9 Å².